The molecule has 3 rings (SSSR count). The molecule has 5 nitrogen and oxygen atoms in total. The monoisotopic (exact) mass is 357 g/mol. The molecule has 0 fully saturated rings. The molecule has 2 aromatic carbocycles. The molecule has 26 heavy (non-hydrogen) atoms. The van der Waals surface area contributed by atoms with Crippen LogP contribution < -0.4 is 5.32 Å². The predicted octanol–water partition coefficient (Wildman–Crippen LogP) is 2.83. The number of likely N-dealkylation sites (N-methyl/N-ethyl adjacent to an activating group) is 1. The lowest BCUT2D eigenvalue weighted by molar-refractivity contribution is -0.121. The molecular weight excluding hydrogens is 340 g/mol. The molecule has 1 aromatic heterocycles. The molecule has 0 aliphatic rings. The maximum atomic E-state index is 13.6. The fourth-order valence-electron chi connectivity index (χ4n) is 2.66. The standard InChI is InChI=1S/C19H17F2N3O2/c1-24(19(26)15-10-22-17-5-3-2-4-14(15)17)11-18(25)23-9-12-6-7-13(20)8-16(12)21/h2-8,10,22H,9,11H2,1H3,(H,23,25). The minimum Gasteiger partial charge on any atom is -0.360 e. The number of hydrogen-bond donors (Lipinski definition) is 2. The van der Waals surface area contributed by atoms with Gasteiger partial charge in [-0.3, -0.25) is 9.59 Å². The molecule has 0 spiro atoms. The van der Waals surface area contributed by atoms with Crippen molar-refractivity contribution in [1.82, 2.24) is 15.2 Å². The number of nitrogens with zero attached hydrogens (tertiary/aromatic N) is 1. The first-order valence-electron chi connectivity index (χ1n) is 7.98. The molecule has 0 bridgehead atoms. The van der Waals surface area contributed by atoms with Crippen LogP contribution in [0.4, 0.5) is 8.78 Å². The molecule has 2 amide bonds. The topological polar surface area (TPSA) is 65.2 Å². The predicted molar refractivity (Wildman–Crippen MR) is 93.5 cm³/mol. The van der Waals surface area contributed by atoms with Crippen LogP contribution >= 0.6 is 0 Å². The van der Waals surface area contributed by atoms with Crippen molar-refractivity contribution in [3.63, 3.8) is 0 Å². The molecule has 0 unspecified atom stereocenters. The molecule has 0 aliphatic heterocycles. The SMILES string of the molecule is CN(CC(=O)NCc1ccc(F)cc1F)C(=O)c1c[nH]c2ccccc12. The van der Waals surface area contributed by atoms with Crippen molar-refractivity contribution in [2.24, 2.45) is 0 Å². The van der Waals surface area contributed by atoms with E-state index in [1.165, 1.54) is 18.0 Å². The minimum atomic E-state index is -0.728. The summed E-state index contributed by atoms with van der Waals surface area (Å²) in [6.07, 6.45) is 1.61. The molecule has 0 saturated heterocycles. The molecule has 1 heterocycles. The van der Waals surface area contributed by atoms with E-state index in [-0.39, 0.29) is 24.6 Å². The summed E-state index contributed by atoms with van der Waals surface area (Å²) < 4.78 is 26.4. The van der Waals surface area contributed by atoms with Crippen molar-refractivity contribution in [1.29, 1.82) is 0 Å². The Morgan fingerprint density at radius 1 is 1.15 bits per heavy atom. The van der Waals surface area contributed by atoms with Crippen LogP contribution in [0.1, 0.15) is 15.9 Å². The van der Waals surface area contributed by atoms with Crippen LogP contribution in [0.15, 0.2) is 48.7 Å². The van der Waals surface area contributed by atoms with Gasteiger partial charge in [0, 0.05) is 42.3 Å². The lowest BCUT2D eigenvalue weighted by Crippen LogP contribution is -2.38. The Bertz CT molecular complexity index is 968. The van der Waals surface area contributed by atoms with Gasteiger partial charge in [-0.1, -0.05) is 24.3 Å². The second kappa shape index (κ2) is 7.35. The van der Waals surface area contributed by atoms with Gasteiger partial charge in [-0.25, -0.2) is 8.78 Å². The number of halogens is 2. The van der Waals surface area contributed by atoms with Gasteiger partial charge in [0.15, 0.2) is 0 Å². The summed E-state index contributed by atoms with van der Waals surface area (Å²) in [5.74, 6) is -2.15. The number of aromatic amines is 1. The molecule has 3 aromatic rings. The molecule has 134 valence electrons. The third-order valence-electron chi connectivity index (χ3n) is 4.04. The average Bonchev–Trinajstić information content (AvgIpc) is 3.04. The molecule has 0 radical (unpaired) electrons. The van der Waals surface area contributed by atoms with Gasteiger partial charge in [-0.05, 0) is 12.1 Å². The number of aromatic nitrogens is 1. The lowest BCUT2D eigenvalue weighted by Gasteiger charge is -2.16. The number of carbonyl (C=O) groups excluding carboxylic acids is 2. The van der Waals surface area contributed by atoms with Crippen LogP contribution in [0.25, 0.3) is 10.9 Å². The summed E-state index contributed by atoms with van der Waals surface area (Å²) in [6.45, 7) is -0.263. The van der Waals surface area contributed by atoms with Gasteiger partial charge < -0.3 is 15.2 Å². The molecule has 0 saturated carbocycles. The van der Waals surface area contributed by atoms with Gasteiger partial charge in [0.05, 0.1) is 12.1 Å². The number of carbonyl (C=O) groups is 2. The highest BCUT2D eigenvalue weighted by Gasteiger charge is 2.18. The quantitative estimate of drug-likeness (QED) is 0.737. The van der Waals surface area contributed by atoms with Gasteiger partial charge >= 0.3 is 0 Å². The van der Waals surface area contributed by atoms with Crippen LogP contribution in [0.2, 0.25) is 0 Å². The van der Waals surface area contributed by atoms with Crippen LogP contribution in [0.5, 0.6) is 0 Å². The Morgan fingerprint density at radius 3 is 2.69 bits per heavy atom. The summed E-state index contributed by atoms with van der Waals surface area (Å²) in [5.41, 5.74) is 1.48. The number of benzene rings is 2. The number of H-pyrrole nitrogens is 1. The van der Waals surface area contributed by atoms with E-state index in [9.17, 15) is 18.4 Å². The Morgan fingerprint density at radius 2 is 1.92 bits per heavy atom. The van der Waals surface area contributed by atoms with Crippen LogP contribution in [0, 0.1) is 11.6 Å². The lowest BCUT2D eigenvalue weighted by atomic mass is 10.1. The highest BCUT2D eigenvalue weighted by atomic mass is 19.1. The van der Waals surface area contributed by atoms with Gasteiger partial charge in [-0.2, -0.15) is 0 Å². The van der Waals surface area contributed by atoms with Crippen molar-refractivity contribution in [2.45, 2.75) is 6.54 Å². The number of fused-ring (bicyclic) bond motifs is 1. The highest BCUT2D eigenvalue weighted by Crippen LogP contribution is 2.18. The van der Waals surface area contributed by atoms with E-state index in [1.54, 1.807) is 6.20 Å². The molecule has 7 heteroatoms. The summed E-state index contributed by atoms with van der Waals surface area (Å²) in [6, 6.07) is 10.5. The first-order valence-corrected chi connectivity index (χ1v) is 7.98. The summed E-state index contributed by atoms with van der Waals surface area (Å²) in [7, 11) is 1.52. The zero-order chi connectivity index (χ0) is 18.7. The summed E-state index contributed by atoms with van der Waals surface area (Å²) in [4.78, 5) is 28.9. The second-order valence-corrected chi connectivity index (χ2v) is 5.92. The number of nitrogens with one attached hydrogen (secondary N) is 2. The Kier molecular flexibility index (Phi) is 4.97. The third-order valence-corrected chi connectivity index (χ3v) is 4.04. The number of para-hydroxylation sites is 1. The van der Waals surface area contributed by atoms with Gasteiger partial charge in [0.25, 0.3) is 5.91 Å². The summed E-state index contributed by atoms with van der Waals surface area (Å²) >= 11 is 0. The van der Waals surface area contributed by atoms with Gasteiger partial charge in [-0.15, -0.1) is 0 Å². The van der Waals surface area contributed by atoms with E-state index < -0.39 is 17.5 Å². The maximum absolute atomic E-state index is 13.6. The van der Waals surface area contributed by atoms with Crippen LogP contribution in [-0.4, -0.2) is 35.3 Å². The molecule has 2 N–H and O–H groups in total. The Hall–Kier alpha value is -3.22. The van der Waals surface area contributed by atoms with E-state index in [2.05, 4.69) is 10.3 Å². The van der Waals surface area contributed by atoms with Gasteiger partial charge in [0.1, 0.15) is 11.6 Å². The fraction of sp³-hybridized carbons (Fsp3) is 0.158. The Labute approximate surface area is 148 Å². The Balaban J connectivity index is 1.61. The van der Waals surface area contributed by atoms with E-state index in [0.29, 0.717) is 5.56 Å². The zero-order valence-electron chi connectivity index (χ0n) is 14.1. The van der Waals surface area contributed by atoms with E-state index in [4.69, 9.17) is 0 Å². The fourth-order valence-corrected chi connectivity index (χ4v) is 2.66. The second-order valence-electron chi connectivity index (χ2n) is 5.92. The van der Waals surface area contributed by atoms with E-state index in [0.717, 1.165) is 23.0 Å². The van der Waals surface area contributed by atoms with Crippen LogP contribution in [0.3, 0.4) is 0 Å². The van der Waals surface area contributed by atoms with Crippen molar-refractivity contribution >= 4 is 22.7 Å². The smallest absolute Gasteiger partial charge is 0.256 e. The van der Waals surface area contributed by atoms with Crippen molar-refractivity contribution in [2.75, 3.05) is 13.6 Å². The van der Waals surface area contributed by atoms with E-state index in [1.807, 2.05) is 24.3 Å². The van der Waals surface area contributed by atoms with Crippen molar-refractivity contribution in [3.8, 4) is 0 Å². The average molecular weight is 357 g/mol. The molecule has 0 atom stereocenters. The van der Waals surface area contributed by atoms with Gasteiger partial charge in [0.2, 0.25) is 5.91 Å². The first kappa shape index (κ1) is 17.6. The number of amides is 2. The minimum absolute atomic E-state index is 0.0833. The van der Waals surface area contributed by atoms with Crippen molar-refractivity contribution < 1.29 is 18.4 Å². The molecule has 0 aliphatic carbocycles. The largest absolute Gasteiger partial charge is 0.360 e. The third kappa shape index (κ3) is 3.72. The maximum Gasteiger partial charge on any atom is 0.256 e. The zero-order valence-corrected chi connectivity index (χ0v) is 14.1. The normalized spacial score (nSPS) is 10.7. The van der Waals surface area contributed by atoms with E-state index >= 15 is 0 Å². The molecular formula is C19H17F2N3O2. The number of rotatable bonds is 5. The first-order chi connectivity index (χ1) is 12.5. The highest BCUT2D eigenvalue weighted by molar-refractivity contribution is 6.07. The number of hydrogen-bond acceptors (Lipinski definition) is 2. The van der Waals surface area contributed by atoms with Crippen molar-refractivity contribution in [3.05, 3.63) is 71.4 Å². The van der Waals surface area contributed by atoms with Crippen LogP contribution in [-0.2, 0) is 11.3 Å². The summed E-state index contributed by atoms with van der Waals surface area (Å²) in [5, 5.41) is 3.30.